The molecule has 0 aromatic carbocycles. The van der Waals surface area contributed by atoms with Crippen LogP contribution in [0.5, 0.6) is 0 Å². The molecule has 0 amide bonds. The van der Waals surface area contributed by atoms with Gasteiger partial charge in [-0.3, -0.25) is 0 Å². The van der Waals surface area contributed by atoms with E-state index >= 15 is 0 Å². The molecule has 4 aliphatic rings. The molecular formula is C44H88N3O24+3. The third-order valence-corrected chi connectivity index (χ3v) is 12.2. The molecule has 0 bridgehead atoms. The predicted molar refractivity (Wildman–Crippen MR) is 241 cm³/mol. The highest BCUT2D eigenvalue weighted by molar-refractivity contribution is 4.97. The topological polar surface area (TPSA) is 354 Å². The van der Waals surface area contributed by atoms with Crippen LogP contribution in [0, 0.1) is 0 Å². The van der Waals surface area contributed by atoms with Gasteiger partial charge in [-0.1, -0.05) is 0 Å². The number of nitrogens with zero attached hydrogens (tertiary/aromatic N) is 3. The second-order valence-electron chi connectivity index (χ2n) is 22.1. The maximum atomic E-state index is 11.8. The third-order valence-electron chi connectivity index (χ3n) is 12.2. The van der Waals surface area contributed by atoms with Crippen molar-refractivity contribution in [3.05, 3.63) is 0 Å². The lowest BCUT2D eigenvalue weighted by Gasteiger charge is -2.48. The van der Waals surface area contributed by atoms with Gasteiger partial charge in [0.25, 0.3) is 0 Å². The Bertz CT molecular complexity index is 1530. The Morgan fingerprint density at radius 2 is 0.690 bits per heavy atom. The van der Waals surface area contributed by atoms with E-state index in [1.54, 1.807) is 0 Å². The molecule has 4 saturated heterocycles. The van der Waals surface area contributed by atoms with E-state index in [0.717, 1.165) is 0 Å². The zero-order valence-corrected chi connectivity index (χ0v) is 43.0. The first-order valence-corrected chi connectivity index (χ1v) is 23.9. The van der Waals surface area contributed by atoms with Crippen molar-refractivity contribution in [2.24, 2.45) is 0 Å². The minimum atomic E-state index is -2.02. The molecule has 0 aromatic rings. The van der Waals surface area contributed by atoms with Gasteiger partial charge in [0.15, 0.2) is 25.2 Å². The molecule has 0 radical (unpaired) electrons. The second-order valence-corrected chi connectivity index (χ2v) is 22.1. The highest BCUT2D eigenvalue weighted by atomic mass is 16.8. The van der Waals surface area contributed by atoms with E-state index in [2.05, 4.69) is 0 Å². The van der Waals surface area contributed by atoms with Gasteiger partial charge in [-0.25, -0.2) is 0 Å². The van der Waals surface area contributed by atoms with Crippen molar-refractivity contribution in [2.75, 3.05) is 144 Å². The number of likely N-dealkylation sites (N-methyl/N-ethyl adjacent to an activating group) is 3. The largest absolute Gasteiger partial charge is 0.387 e. The summed E-state index contributed by atoms with van der Waals surface area (Å²) in [4.78, 5) is 0. The SMILES string of the molecule is CO[C@@H]1O[C@@H](CO[C@H]2O[C@@H](COCC(O)C[N+](C)(C)C)[C@H](O)C(O)C2O)[C@@H](O[C@@H]2OC(COCC(O)C[N+](C)(C)C)[C@@H](O[C@@H]3O[C@@H](COCC(O)C[N+](C)(C)C)[C@@H](OC)C(O)C3O)[C@@H](O)C2O)C(O)C1O. The number of hydrogen-bond acceptors (Lipinski definition) is 24. The van der Waals surface area contributed by atoms with Crippen LogP contribution >= 0.6 is 0 Å². The first-order chi connectivity index (χ1) is 32.9. The molecule has 0 aromatic heterocycles. The molecule has 420 valence electrons. The predicted octanol–water partition coefficient (Wildman–Crippen LogP) is -8.17. The molecule has 23 atom stereocenters. The average molecular weight is 1040 g/mol. The average Bonchev–Trinajstić information content (AvgIpc) is 3.25. The zero-order chi connectivity index (χ0) is 53.3. The Morgan fingerprint density at radius 3 is 1.08 bits per heavy atom. The summed E-state index contributed by atoms with van der Waals surface area (Å²) >= 11 is 0. The van der Waals surface area contributed by atoms with Crippen LogP contribution in [0.2, 0.25) is 0 Å². The van der Waals surface area contributed by atoms with Crippen LogP contribution in [0.1, 0.15) is 0 Å². The summed E-state index contributed by atoms with van der Waals surface area (Å²) in [6.45, 7) is -1.07. The van der Waals surface area contributed by atoms with Gasteiger partial charge >= 0.3 is 0 Å². The quantitative estimate of drug-likeness (QED) is 0.0340. The van der Waals surface area contributed by atoms with E-state index in [1.807, 2.05) is 63.4 Å². The first-order valence-electron chi connectivity index (χ1n) is 23.9. The third kappa shape index (κ3) is 18.6. The fourth-order valence-electron chi connectivity index (χ4n) is 8.87. The summed E-state index contributed by atoms with van der Waals surface area (Å²) < 4.78 is 71.0. The molecule has 4 fully saturated rings. The Hall–Kier alpha value is -1.08. The number of aliphatic hydroxyl groups is 12. The van der Waals surface area contributed by atoms with Gasteiger partial charge < -0.3 is 132 Å². The molecule has 27 heteroatoms. The van der Waals surface area contributed by atoms with E-state index < -0.39 is 154 Å². The van der Waals surface area contributed by atoms with Crippen LogP contribution < -0.4 is 0 Å². The normalized spacial score (nSPS) is 40.1. The van der Waals surface area contributed by atoms with Gasteiger partial charge in [0.1, 0.15) is 136 Å². The molecule has 0 spiro atoms. The molecule has 4 heterocycles. The monoisotopic (exact) mass is 1040 g/mol. The Kier molecular flexibility index (Phi) is 24.0. The molecule has 0 saturated carbocycles. The Morgan fingerprint density at radius 1 is 0.366 bits per heavy atom. The summed E-state index contributed by atoms with van der Waals surface area (Å²) in [5.41, 5.74) is 0. The first kappa shape index (κ1) is 62.5. The van der Waals surface area contributed by atoms with Crippen molar-refractivity contribution in [1.29, 1.82) is 0 Å². The lowest BCUT2D eigenvalue weighted by atomic mass is 9.96. The van der Waals surface area contributed by atoms with Crippen LogP contribution in [-0.2, 0) is 56.8 Å². The van der Waals surface area contributed by atoms with Gasteiger partial charge in [-0.05, 0) is 0 Å². The summed E-state index contributed by atoms with van der Waals surface area (Å²) in [6, 6.07) is 0. The molecule has 11 unspecified atom stereocenters. The Balaban J connectivity index is 1.53. The van der Waals surface area contributed by atoms with Crippen molar-refractivity contribution in [3.63, 3.8) is 0 Å². The van der Waals surface area contributed by atoms with Crippen LogP contribution in [0.25, 0.3) is 0 Å². The summed E-state index contributed by atoms with van der Waals surface area (Å²) in [5, 5.41) is 132. The van der Waals surface area contributed by atoms with Crippen LogP contribution in [0.3, 0.4) is 0 Å². The minimum absolute atomic E-state index is 0.0986. The van der Waals surface area contributed by atoms with Gasteiger partial charge in [-0.2, -0.15) is 0 Å². The standard InChI is InChI=1S/C44H88N3O24/c1-45(2,3)12-22(48)15-62-18-25-29(51)30(52)34(56)42(66-25)65-21-28-40(32(54)35(57)41(61-11)67-28)71-44-37(59)33(55)39(27(69-44)20-64-17-24(50)14-47(7,8)9)70-43-36(58)31(53)38(60-10)26(68-43)19-63-16-23(49)13-46(4,5)6/h22-44,48-59H,12-21H2,1-11H3/q+3/t22?,23?,24?,25-,26-,27?,28-,29-,30?,31?,32?,33-,34?,35?,36?,37?,38+,39+,40+,41+,42-,43-,44-/m0/s1. The second kappa shape index (κ2) is 27.3. The maximum absolute atomic E-state index is 11.8. The van der Waals surface area contributed by atoms with E-state index in [9.17, 15) is 61.3 Å². The number of hydrogen-bond donors (Lipinski definition) is 12. The summed E-state index contributed by atoms with van der Waals surface area (Å²) in [6.07, 6.45) is -35.2. The van der Waals surface area contributed by atoms with Crippen LogP contribution in [-0.4, -0.2) is 359 Å². The molecule has 0 aliphatic carbocycles. The fourth-order valence-corrected chi connectivity index (χ4v) is 8.87. The molecular weight excluding hydrogens is 954 g/mol. The number of aliphatic hydroxyl groups excluding tert-OH is 12. The zero-order valence-electron chi connectivity index (χ0n) is 43.0. The van der Waals surface area contributed by atoms with Crippen molar-refractivity contribution in [2.45, 2.75) is 141 Å². The van der Waals surface area contributed by atoms with Crippen molar-refractivity contribution >= 4 is 0 Å². The van der Waals surface area contributed by atoms with Crippen molar-refractivity contribution < 1.29 is 132 Å². The minimum Gasteiger partial charge on any atom is -0.387 e. The lowest BCUT2D eigenvalue weighted by Crippen LogP contribution is -2.67. The summed E-state index contributed by atoms with van der Waals surface area (Å²) in [7, 11) is 19.4. The molecule has 4 rings (SSSR count). The smallest absolute Gasteiger partial charge is 0.187 e. The highest BCUT2D eigenvalue weighted by Crippen LogP contribution is 2.34. The lowest BCUT2D eigenvalue weighted by molar-refractivity contribution is -0.873. The van der Waals surface area contributed by atoms with E-state index in [-0.39, 0.29) is 39.6 Å². The van der Waals surface area contributed by atoms with Gasteiger partial charge in [0.05, 0.1) is 110 Å². The van der Waals surface area contributed by atoms with Crippen LogP contribution in [0.4, 0.5) is 0 Å². The van der Waals surface area contributed by atoms with E-state index in [1.165, 1.54) is 14.2 Å². The van der Waals surface area contributed by atoms with Crippen molar-refractivity contribution in [3.8, 4) is 0 Å². The molecule has 71 heavy (non-hydrogen) atoms. The molecule has 27 nitrogen and oxygen atoms in total. The van der Waals surface area contributed by atoms with Gasteiger partial charge in [-0.15, -0.1) is 0 Å². The number of methoxy groups -OCH3 is 2. The molecule has 4 aliphatic heterocycles. The van der Waals surface area contributed by atoms with E-state index in [0.29, 0.717) is 26.5 Å². The fraction of sp³-hybridized carbons (Fsp3) is 1.00. The van der Waals surface area contributed by atoms with Crippen molar-refractivity contribution in [1.82, 2.24) is 0 Å². The summed E-state index contributed by atoms with van der Waals surface area (Å²) in [5.74, 6) is 0. The Labute approximate surface area is 415 Å². The highest BCUT2D eigenvalue weighted by Gasteiger charge is 2.55. The number of quaternary nitrogens is 3. The number of ether oxygens (including phenoxy) is 12. The number of rotatable bonds is 27. The van der Waals surface area contributed by atoms with E-state index in [4.69, 9.17) is 56.8 Å². The van der Waals surface area contributed by atoms with Gasteiger partial charge in [0.2, 0.25) is 0 Å². The molecule has 12 N–H and O–H groups in total. The van der Waals surface area contributed by atoms with Crippen LogP contribution in [0.15, 0.2) is 0 Å². The van der Waals surface area contributed by atoms with Gasteiger partial charge in [0, 0.05) is 14.2 Å². The maximum Gasteiger partial charge on any atom is 0.187 e.